The fraction of sp³-hybridized carbons (Fsp3) is 0.692. The van der Waals surface area contributed by atoms with Crippen LogP contribution >= 0.6 is 0 Å². The van der Waals surface area contributed by atoms with Crippen molar-refractivity contribution in [1.82, 2.24) is 9.97 Å². The molecule has 0 bridgehead atoms. The van der Waals surface area contributed by atoms with E-state index in [4.69, 9.17) is 10.8 Å². The lowest BCUT2D eigenvalue weighted by Gasteiger charge is -2.37. The third-order valence-electron chi connectivity index (χ3n) is 4.04. The molecule has 0 amide bonds. The van der Waals surface area contributed by atoms with Crippen LogP contribution < -0.4 is 20.9 Å². The van der Waals surface area contributed by atoms with E-state index in [1.807, 2.05) is 9.80 Å². The Morgan fingerprint density at radius 2 is 1.86 bits per heavy atom. The van der Waals surface area contributed by atoms with E-state index < -0.39 is 5.92 Å². The van der Waals surface area contributed by atoms with Crippen LogP contribution in [0.3, 0.4) is 0 Å². The van der Waals surface area contributed by atoms with Crippen molar-refractivity contribution in [2.75, 3.05) is 60.2 Å². The molecule has 3 heterocycles. The van der Waals surface area contributed by atoms with E-state index in [2.05, 4.69) is 15.3 Å². The number of nitrogens with two attached hydrogens (primary N) is 1. The number of nitrogen functional groups attached to an aromatic ring is 1. The standard InChI is InChI=1S/C13H20F2N6O/c14-13(15)1-4-20(5-2-13)10-9-11(19-12(16)18-10)21(7-8-22)6-3-17-9/h17,22H,1-8H2,(H2,16,18,19). The lowest BCUT2D eigenvalue weighted by atomic mass is 10.1. The highest BCUT2D eigenvalue weighted by atomic mass is 19.3. The molecule has 2 aliphatic rings. The van der Waals surface area contributed by atoms with Crippen LogP contribution in [0.15, 0.2) is 0 Å². The van der Waals surface area contributed by atoms with E-state index in [0.717, 1.165) is 0 Å². The monoisotopic (exact) mass is 314 g/mol. The van der Waals surface area contributed by atoms with Gasteiger partial charge in [0.2, 0.25) is 5.95 Å². The molecular weight excluding hydrogens is 294 g/mol. The normalized spacial score (nSPS) is 20.5. The number of alkyl halides is 2. The quantitative estimate of drug-likeness (QED) is 0.749. The molecule has 1 aromatic heterocycles. The maximum absolute atomic E-state index is 13.3. The minimum atomic E-state index is -2.61. The van der Waals surface area contributed by atoms with Gasteiger partial charge in [0.25, 0.3) is 5.92 Å². The van der Waals surface area contributed by atoms with Crippen LogP contribution in [0.2, 0.25) is 0 Å². The number of halogens is 2. The number of aromatic nitrogens is 2. The Kier molecular flexibility index (Phi) is 3.90. The van der Waals surface area contributed by atoms with Gasteiger partial charge in [-0.2, -0.15) is 9.97 Å². The number of nitrogens with one attached hydrogen (secondary N) is 1. The molecule has 9 heteroatoms. The second-order valence-corrected chi connectivity index (χ2v) is 5.58. The summed E-state index contributed by atoms with van der Waals surface area (Å²) in [6.45, 7) is 2.30. The van der Waals surface area contributed by atoms with E-state index >= 15 is 0 Å². The van der Waals surface area contributed by atoms with Gasteiger partial charge in [0, 0.05) is 45.6 Å². The molecular formula is C13H20F2N6O. The molecule has 2 aliphatic heterocycles. The number of aliphatic hydroxyl groups is 1. The fourth-order valence-corrected chi connectivity index (χ4v) is 2.88. The average Bonchev–Trinajstić information content (AvgIpc) is 2.48. The number of rotatable bonds is 3. The van der Waals surface area contributed by atoms with Gasteiger partial charge in [-0.1, -0.05) is 0 Å². The molecule has 0 radical (unpaired) electrons. The number of nitrogens with zero attached hydrogens (tertiary/aromatic N) is 4. The first kappa shape index (κ1) is 15.0. The van der Waals surface area contributed by atoms with Gasteiger partial charge >= 0.3 is 0 Å². The molecule has 0 aliphatic carbocycles. The zero-order chi connectivity index (χ0) is 15.7. The van der Waals surface area contributed by atoms with E-state index in [9.17, 15) is 8.78 Å². The smallest absolute Gasteiger partial charge is 0.251 e. The van der Waals surface area contributed by atoms with Gasteiger partial charge in [0.05, 0.1) is 6.61 Å². The Balaban J connectivity index is 1.92. The van der Waals surface area contributed by atoms with Crippen molar-refractivity contribution in [1.29, 1.82) is 0 Å². The second kappa shape index (κ2) is 5.71. The summed E-state index contributed by atoms with van der Waals surface area (Å²) in [5.41, 5.74) is 6.49. The molecule has 22 heavy (non-hydrogen) atoms. The number of piperidine rings is 1. The Bertz CT molecular complexity index is 546. The molecule has 0 spiro atoms. The van der Waals surface area contributed by atoms with E-state index in [-0.39, 0.29) is 38.5 Å². The highest BCUT2D eigenvalue weighted by Gasteiger charge is 2.36. The molecule has 3 rings (SSSR count). The fourth-order valence-electron chi connectivity index (χ4n) is 2.88. The molecule has 7 nitrogen and oxygen atoms in total. The number of fused-ring (bicyclic) bond motifs is 1. The number of anilines is 4. The van der Waals surface area contributed by atoms with E-state index in [0.29, 0.717) is 37.0 Å². The minimum absolute atomic E-state index is 0.00855. The van der Waals surface area contributed by atoms with Crippen molar-refractivity contribution in [3.63, 3.8) is 0 Å². The topological polar surface area (TPSA) is 90.5 Å². The first-order valence-corrected chi connectivity index (χ1v) is 7.40. The molecule has 1 saturated heterocycles. The van der Waals surface area contributed by atoms with Crippen LogP contribution in [-0.4, -0.2) is 60.3 Å². The van der Waals surface area contributed by atoms with E-state index in [1.54, 1.807) is 0 Å². The predicted octanol–water partition coefficient (Wildman–Crippen LogP) is 0.518. The van der Waals surface area contributed by atoms with Crippen molar-refractivity contribution >= 4 is 23.3 Å². The maximum atomic E-state index is 13.3. The molecule has 1 fully saturated rings. The van der Waals surface area contributed by atoms with Crippen LogP contribution in [0.25, 0.3) is 0 Å². The summed E-state index contributed by atoms with van der Waals surface area (Å²) in [6, 6.07) is 0. The summed E-state index contributed by atoms with van der Waals surface area (Å²) in [5.74, 6) is -1.30. The Morgan fingerprint density at radius 1 is 1.18 bits per heavy atom. The van der Waals surface area contributed by atoms with Crippen molar-refractivity contribution in [2.45, 2.75) is 18.8 Å². The highest BCUT2D eigenvalue weighted by molar-refractivity contribution is 5.81. The number of aliphatic hydroxyl groups excluding tert-OH is 1. The zero-order valence-corrected chi connectivity index (χ0v) is 12.2. The summed E-state index contributed by atoms with van der Waals surface area (Å²) in [6.07, 6.45) is -0.377. The summed E-state index contributed by atoms with van der Waals surface area (Å²) in [5, 5.41) is 12.4. The predicted molar refractivity (Wildman–Crippen MR) is 80.6 cm³/mol. The summed E-state index contributed by atoms with van der Waals surface area (Å²) >= 11 is 0. The number of hydrogen-bond donors (Lipinski definition) is 3. The van der Waals surface area contributed by atoms with Crippen molar-refractivity contribution in [3.05, 3.63) is 0 Å². The van der Waals surface area contributed by atoms with Gasteiger partial charge in [0.1, 0.15) is 5.69 Å². The molecule has 0 atom stereocenters. The van der Waals surface area contributed by atoms with Crippen LogP contribution in [0.4, 0.5) is 32.1 Å². The molecule has 122 valence electrons. The summed E-state index contributed by atoms with van der Waals surface area (Å²) in [7, 11) is 0. The highest BCUT2D eigenvalue weighted by Crippen LogP contribution is 2.38. The first-order valence-electron chi connectivity index (χ1n) is 7.40. The Hall–Kier alpha value is -1.90. The zero-order valence-electron chi connectivity index (χ0n) is 12.2. The average molecular weight is 314 g/mol. The van der Waals surface area contributed by atoms with Crippen molar-refractivity contribution < 1.29 is 13.9 Å². The van der Waals surface area contributed by atoms with Gasteiger partial charge in [-0.25, -0.2) is 8.78 Å². The van der Waals surface area contributed by atoms with Gasteiger partial charge in [0.15, 0.2) is 11.6 Å². The van der Waals surface area contributed by atoms with E-state index in [1.165, 1.54) is 0 Å². The molecule has 1 aromatic rings. The first-order chi connectivity index (χ1) is 10.5. The summed E-state index contributed by atoms with van der Waals surface area (Å²) < 4.78 is 26.7. The van der Waals surface area contributed by atoms with Gasteiger partial charge in [-0.15, -0.1) is 0 Å². The lowest BCUT2D eigenvalue weighted by Crippen LogP contribution is -2.42. The van der Waals surface area contributed by atoms with Gasteiger partial charge < -0.3 is 26.0 Å². The Morgan fingerprint density at radius 3 is 2.55 bits per heavy atom. The number of hydrogen-bond acceptors (Lipinski definition) is 7. The number of β-amino-alcohol motifs (C(OH)–C–C–N with tert-alkyl or cyclic N) is 1. The Labute approximate surface area is 127 Å². The van der Waals surface area contributed by atoms with Crippen LogP contribution in [0, 0.1) is 0 Å². The molecule has 4 N–H and O–H groups in total. The summed E-state index contributed by atoms with van der Waals surface area (Å²) in [4.78, 5) is 12.2. The second-order valence-electron chi connectivity index (χ2n) is 5.58. The minimum Gasteiger partial charge on any atom is -0.395 e. The third-order valence-corrected chi connectivity index (χ3v) is 4.04. The molecule has 0 saturated carbocycles. The van der Waals surface area contributed by atoms with Crippen LogP contribution in [-0.2, 0) is 0 Å². The van der Waals surface area contributed by atoms with Crippen LogP contribution in [0.5, 0.6) is 0 Å². The maximum Gasteiger partial charge on any atom is 0.251 e. The van der Waals surface area contributed by atoms with Crippen molar-refractivity contribution in [2.24, 2.45) is 0 Å². The third kappa shape index (κ3) is 2.85. The van der Waals surface area contributed by atoms with Gasteiger partial charge in [-0.3, -0.25) is 0 Å². The SMILES string of the molecule is Nc1nc2c(c(N3CCC(F)(F)CC3)n1)NCCN2CCO. The lowest BCUT2D eigenvalue weighted by molar-refractivity contribution is -0.0221. The largest absolute Gasteiger partial charge is 0.395 e. The molecule has 0 unspecified atom stereocenters. The van der Waals surface area contributed by atoms with Gasteiger partial charge in [-0.05, 0) is 0 Å². The van der Waals surface area contributed by atoms with Crippen molar-refractivity contribution in [3.8, 4) is 0 Å². The van der Waals surface area contributed by atoms with Crippen LogP contribution in [0.1, 0.15) is 12.8 Å². The molecule has 0 aromatic carbocycles.